The highest BCUT2D eigenvalue weighted by molar-refractivity contribution is 6.23. The van der Waals surface area contributed by atoms with Crippen LogP contribution in [0, 0.1) is 0 Å². The number of furan rings is 1. The molecule has 2 atom stereocenters. The Morgan fingerprint density at radius 3 is 2.39 bits per heavy atom. The smallest absolute Gasteiger partial charge is 0.290 e. The Morgan fingerprint density at radius 1 is 1.06 bits per heavy atom. The Balaban J connectivity index is 1.70. The molecule has 1 aromatic heterocycles. The molecule has 4 rings (SSSR count). The van der Waals surface area contributed by atoms with Gasteiger partial charge in [-0.15, -0.1) is 0 Å². The molecule has 158 valence electrons. The molecule has 1 aliphatic heterocycles. The quantitative estimate of drug-likeness (QED) is 0.569. The summed E-state index contributed by atoms with van der Waals surface area (Å²) >= 11 is 0. The van der Waals surface area contributed by atoms with E-state index in [0.717, 1.165) is 10.5 Å². The minimum atomic E-state index is -0.942. The molecule has 3 amide bonds. The van der Waals surface area contributed by atoms with Gasteiger partial charge in [0.05, 0.1) is 31.5 Å². The van der Waals surface area contributed by atoms with Crippen molar-refractivity contribution in [2.45, 2.75) is 25.4 Å². The molecule has 7 heteroatoms. The van der Waals surface area contributed by atoms with Gasteiger partial charge in [0.15, 0.2) is 5.76 Å². The number of methoxy groups -OCH3 is 1. The van der Waals surface area contributed by atoms with Crippen LogP contribution < -0.4 is 9.64 Å². The number of benzene rings is 2. The van der Waals surface area contributed by atoms with Crippen molar-refractivity contribution in [3.63, 3.8) is 0 Å². The highest BCUT2D eigenvalue weighted by atomic mass is 16.5. The SMILES string of the molecule is COc1ccc(N2C(=O)CC(N(C(=O)c3ccco3)C(C)c3ccccc3)C2=O)cc1. The van der Waals surface area contributed by atoms with E-state index in [2.05, 4.69) is 0 Å². The van der Waals surface area contributed by atoms with E-state index in [0.29, 0.717) is 11.4 Å². The molecule has 0 saturated carbocycles. The van der Waals surface area contributed by atoms with Crippen LogP contribution in [0.1, 0.15) is 35.5 Å². The molecule has 1 aliphatic rings. The van der Waals surface area contributed by atoms with Crippen molar-refractivity contribution in [1.29, 1.82) is 0 Å². The molecular formula is C24H22N2O5. The fourth-order valence-electron chi connectivity index (χ4n) is 3.84. The predicted octanol–water partition coefficient (Wildman–Crippen LogP) is 3.82. The highest BCUT2D eigenvalue weighted by Gasteiger charge is 2.46. The highest BCUT2D eigenvalue weighted by Crippen LogP contribution is 2.33. The monoisotopic (exact) mass is 418 g/mol. The van der Waals surface area contributed by atoms with E-state index in [1.807, 2.05) is 37.3 Å². The zero-order chi connectivity index (χ0) is 22.0. The van der Waals surface area contributed by atoms with Gasteiger partial charge in [0, 0.05) is 0 Å². The van der Waals surface area contributed by atoms with Crippen molar-refractivity contribution in [1.82, 2.24) is 4.90 Å². The number of carbonyl (C=O) groups is 3. The minimum absolute atomic E-state index is 0.103. The van der Waals surface area contributed by atoms with Gasteiger partial charge in [-0.05, 0) is 48.9 Å². The van der Waals surface area contributed by atoms with E-state index in [1.54, 1.807) is 43.5 Å². The summed E-state index contributed by atoms with van der Waals surface area (Å²) in [4.78, 5) is 42.1. The van der Waals surface area contributed by atoms with Crippen molar-refractivity contribution in [3.05, 3.63) is 84.3 Å². The molecule has 0 bridgehead atoms. The maximum atomic E-state index is 13.4. The van der Waals surface area contributed by atoms with E-state index < -0.39 is 23.9 Å². The number of rotatable bonds is 6. The summed E-state index contributed by atoms with van der Waals surface area (Å²) in [6, 6.07) is 17.8. The molecule has 0 radical (unpaired) electrons. The van der Waals surface area contributed by atoms with Crippen LogP contribution >= 0.6 is 0 Å². The summed E-state index contributed by atoms with van der Waals surface area (Å²) in [6.07, 6.45) is 1.30. The number of anilines is 1. The van der Waals surface area contributed by atoms with Crippen LogP contribution in [0.2, 0.25) is 0 Å². The number of amides is 3. The van der Waals surface area contributed by atoms with E-state index >= 15 is 0 Å². The fraction of sp³-hybridized carbons (Fsp3) is 0.208. The van der Waals surface area contributed by atoms with Crippen molar-refractivity contribution in [2.24, 2.45) is 0 Å². The van der Waals surface area contributed by atoms with Gasteiger partial charge in [0.1, 0.15) is 11.8 Å². The summed E-state index contributed by atoms with van der Waals surface area (Å²) in [5.41, 5.74) is 1.29. The van der Waals surface area contributed by atoms with Crippen molar-refractivity contribution in [3.8, 4) is 5.75 Å². The van der Waals surface area contributed by atoms with Crippen LogP contribution in [0.5, 0.6) is 5.75 Å². The molecule has 2 aromatic carbocycles. The second-order valence-electron chi connectivity index (χ2n) is 7.26. The van der Waals surface area contributed by atoms with Crippen LogP contribution in [0.3, 0.4) is 0 Å². The third-order valence-electron chi connectivity index (χ3n) is 5.45. The standard InChI is InChI=1S/C24H22N2O5/c1-16(17-7-4-3-5-8-17)25(24(29)21-9-6-14-31-21)20-15-22(27)26(23(20)28)18-10-12-19(30-2)13-11-18/h3-14,16,20H,15H2,1-2H3. The molecule has 1 fully saturated rings. The number of imide groups is 1. The first-order valence-corrected chi connectivity index (χ1v) is 9.93. The average molecular weight is 418 g/mol. The molecule has 0 aliphatic carbocycles. The predicted molar refractivity (Wildman–Crippen MR) is 114 cm³/mol. The van der Waals surface area contributed by atoms with Crippen LogP contribution in [0.15, 0.2) is 77.4 Å². The number of hydrogen-bond donors (Lipinski definition) is 0. The lowest BCUT2D eigenvalue weighted by Crippen LogP contribution is -2.46. The molecule has 0 spiro atoms. The summed E-state index contributed by atoms with van der Waals surface area (Å²) in [5.74, 6) is -0.516. The van der Waals surface area contributed by atoms with Crippen molar-refractivity contribution < 1.29 is 23.5 Å². The normalized spacial score (nSPS) is 17.0. The van der Waals surface area contributed by atoms with Crippen LogP contribution in [-0.2, 0) is 9.59 Å². The Labute approximate surface area is 179 Å². The number of nitrogens with zero attached hydrogens (tertiary/aromatic N) is 2. The third-order valence-corrected chi connectivity index (χ3v) is 5.45. The molecule has 2 unspecified atom stereocenters. The molecule has 0 N–H and O–H groups in total. The van der Waals surface area contributed by atoms with Crippen LogP contribution in [-0.4, -0.2) is 35.8 Å². The second kappa shape index (κ2) is 8.47. The van der Waals surface area contributed by atoms with Crippen molar-refractivity contribution in [2.75, 3.05) is 12.0 Å². The van der Waals surface area contributed by atoms with Gasteiger partial charge in [-0.2, -0.15) is 0 Å². The van der Waals surface area contributed by atoms with Gasteiger partial charge in [0.25, 0.3) is 11.8 Å². The van der Waals surface area contributed by atoms with Gasteiger partial charge >= 0.3 is 0 Å². The van der Waals surface area contributed by atoms with Crippen LogP contribution in [0.4, 0.5) is 5.69 Å². The average Bonchev–Trinajstić information content (AvgIpc) is 3.43. The molecule has 31 heavy (non-hydrogen) atoms. The minimum Gasteiger partial charge on any atom is -0.497 e. The maximum Gasteiger partial charge on any atom is 0.290 e. The first-order valence-electron chi connectivity index (χ1n) is 9.93. The molecule has 2 heterocycles. The zero-order valence-electron chi connectivity index (χ0n) is 17.2. The Kier molecular flexibility index (Phi) is 5.58. The topological polar surface area (TPSA) is 80.1 Å². The Hall–Kier alpha value is -3.87. The number of ether oxygens (including phenoxy) is 1. The number of hydrogen-bond acceptors (Lipinski definition) is 5. The lowest BCUT2D eigenvalue weighted by atomic mass is 10.0. The van der Waals surface area contributed by atoms with Crippen molar-refractivity contribution >= 4 is 23.4 Å². The summed E-state index contributed by atoms with van der Waals surface area (Å²) in [6.45, 7) is 1.84. The first-order chi connectivity index (χ1) is 15.0. The van der Waals surface area contributed by atoms with Gasteiger partial charge in [-0.3, -0.25) is 14.4 Å². The second-order valence-corrected chi connectivity index (χ2v) is 7.26. The maximum absolute atomic E-state index is 13.4. The van der Waals surface area contributed by atoms with E-state index in [9.17, 15) is 14.4 Å². The molecular weight excluding hydrogens is 396 g/mol. The lowest BCUT2D eigenvalue weighted by Gasteiger charge is -2.33. The molecule has 7 nitrogen and oxygen atoms in total. The zero-order valence-corrected chi connectivity index (χ0v) is 17.2. The van der Waals surface area contributed by atoms with Gasteiger partial charge in [0.2, 0.25) is 5.91 Å². The van der Waals surface area contributed by atoms with Gasteiger partial charge in [-0.25, -0.2) is 4.90 Å². The molecule has 3 aromatic rings. The summed E-state index contributed by atoms with van der Waals surface area (Å²) in [5, 5.41) is 0. The van der Waals surface area contributed by atoms with E-state index in [-0.39, 0.29) is 18.1 Å². The first kappa shape index (κ1) is 20.4. The number of carbonyl (C=O) groups excluding carboxylic acids is 3. The largest absolute Gasteiger partial charge is 0.497 e. The van der Waals surface area contributed by atoms with Gasteiger partial charge in [-0.1, -0.05) is 30.3 Å². The Bertz CT molecular complexity index is 1080. The van der Waals surface area contributed by atoms with E-state index in [1.165, 1.54) is 11.2 Å². The third kappa shape index (κ3) is 3.82. The Morgan fingerprint density at radius 2 is 1.77 bits per heavy atom. The van der Waals surface area contributed by atoms with Crippen LogP contribution in [0.25, 0.3) is 0 Å². The van der Waals surface area contributed by atoms with E-state index in [4.69, 9.17) is 9.15 Å². The summed E-state index contributed by atoms with van der Waals surface area (Å²) in [7, 11) is 1.54. The lowest BCUT2D eigenvalue weighted by molar-refractivity contribution is -0.123. The molecule has 1 saturated heterocycles. The van der Waals surface area contributed by atoms with Gasteiger partial charge < -0.3 is 14.1 Å². The fourth-order valence-corrected chi connectivity index (χ4v) is 3.84. The summed E-state index contributed by atoms with van der Waals surface area (Å²) < 4.78 is 10.5.